The highest BCUT2D eigenvalue weighted by Gasteiger charge is 2.31. The van der Waals surface area contributed by atoms with E-state index in [1.165, 1.54) is 0 Å². The molecule has 1 aromatic rings. The Bertz CT molecular complexity index is 399. The Kier molecular flexibility index (Phi) is 4.23. The Balaban J connectivity index is 1.80. The number of aromatic nitrogens is 2. The molecule has 1 aliphatic carbocycles. The third-order valence-corrected chi connectivity index (χ3v) is 3.07. The van der Waals surface area contributed by atoms with Crippen LogP contribution in [0.15, 0.2) is 12.4 Å². The molecule has 2 rings (SSSR count). The second kappa shape index (κ2) is 5.89. The summed E-state index contributed by atoms with van der Waals surface area (Å²) in [7, 11) is 0. The van der Waals surface area contributed by atoms with Crippen molar-refractivity contribution in [1.29, 1.82) is 0 Å². The summed E-state index contributed by atoms with van der Waals surface area (Å²) < 4.78 is 7.31. The van der Waals surface area contributed by atoms with E-state index in [0.717, 1.165) is 32.4 Å². The van der Waals surface area contributed by atoms with Gasteiger partial charge in [0.05, 0.1) is 12.4 Å². The topological polar surface area (TPSA) is 47.4 Å². The van der Waals surface area contributed by atoms with E-state index in [9.17, 15) is 4.79 Å². The van der Waals surface area contributed by atoms with Crippen LogP contribution in [-0.2, 0) is 11.3 Å². The van der Waals surface area contributed by atoms with Gasteiger partial charge in [0.2, 0.25) is 0 Å². The van der Waals surface area contributed by atoms with Crippen molar-refractivity contribution in [2.45, 2.75) is 45.7 Å². The molecule has 1 fully saturated rings. The van der Waals surface area contributed by atoms with Crippen LogP contribution in [0.2, 0.25) is 0 Å². The smallest absolute Gasteiger partial charge is 0.260 e. The maximum Gasteiger partial charge on any atom is 0.260 e. The summed E-state index contributed by atoms with van der Waals surface area (Å²) in [5.41, 5.74) is 0. The van der Waals surface area contributed by atoms with Gasteiger partial charge in [-0.05, 0) is 26.2 Å². The molecule has 1 amide bonds. The number of likely N-dealkylation sites (N-methyl/N-ethyl adjacent to an activating group) is 1. The van der Waals surface area contributed by atoms with Crippen LogP contribution in [-0.4, -0.2) is 39.8 Å². The summed E-state index contributed by atoms with van der Waals surface area (Å²) in [4.78, 5) is 13.8. The molecule has 0 radical (unpaired) electrons. The molecule has 18 heavy (non-hydrogen) atoms. The van der Waals surface area contributed by atoms with Gasteiger partial charge in [-0.15, -0.1) is 0 Å². The second-order valence-corrected chi connectivity index (χ2v) is 4.64. The molecular formula is C13H21N3O2. The minimum atomic E-state index is 0.0724. The summed E-state index contributed by atoms with van der Waals surface area (Å²) in [5.74, 6) is 0.742. The van der Waals surface area contributed by atoms with E-state index in [0.29, 0.717) is 11.8 Å². The molecule has 0 atom stereocenters. The van der Waals surface area contributed by atoms with E-state index in [-0.39, 0.29) is 12.5 Å². The highest BCUT2D eigenvalue weighted by atomic mass is 16.5. The Morgan fingerprint density at radius 1 is 1.56 bits per heavy atom. The fourth-order valence-corrected chi connectivity index (χ4v) is 2.02. The summed E-state index contributed by atoms with van der Waals surface area (Å²) in [6, 6.07) is 0.453. The molecule has 100 valence electrons. The Labute approximate surface area is 108 Å². The van der Waals surface area contributed by atoms with Gasteiger partial charge in [-0.1, -0.05) is 6.92 Å². The zero-order valence-electron chi connectivity index (χ0n) is 11.1. The van der Waals surface area contributed by atoms with E-state index >= 15 is 0 Å². The zero-order chi connectivity index (χ0) is 13.0. The standard InChI is InChI=1S/C13H21N3O2/c1-3-7-15-9-12(8-14-15)18-10-13(17)16(4-2)11-5-6-11/h8-9,11H,3-7,10H2,1-2H3. The minimum Gasteiger partial charge on any atom is -0.480 e. The first-order valence-electron chi connectivity index (χ1n) is 6.69. The fraction of sp³-hybridized carbons (Fsp3) is 0.692. The van der Waals surface area contributed by atoms with E-state index < -0.39 is 0 Å². The van der Waals surface area contributed by atoms with E-state index in [1.54, 1.807) is 6.20 Å². The molecule has 1 aromatic heterocycles. The molecule has 0 aromatic carbocycles. The van der Waals surface area contributed by atoms with Crippen molar-refractivity contribution in [2.75, 3.05) is 13.2 Å². The molecule has 1 saturated carbocycles. The van der Waals surface area contributed by atoms with Crippen LogP contribution in [0.4, 0.5) is 0 Å². The van der Waals surface area contributed by atoms with Gasteiger partial charge < -0.3 is 9.64 Å². The van der Waals surface area contributed by atoms with Crippen LogP contribution < -0.4 is 4.74 Å². The average Bonchev–Trinajstić information content (AvgIpc) is 3.09. The molecule has 1 heterocycles. The van der Waals surface area contributed by atoms with Gasteiger partial charge in [-0.3, -0.25) is 9.48 Å². The Morgan fingerprint density at radius 3 is 2.94 bits per heavy atom. The largest absolute Gasteiger partial charge is 0.480 e. The van der Waals surface area contributed by atoms with Crippen LogP contribution in [0.25, 0.3) is 0 Å². The van der Waals surface area contributed by atoms with Gasteiger partial charge >= 0.3 is 0 Å². The number of hydrogen-bond acceptors (Lipinski definition) is 3. The summed E-state index contributed by atoms with van der Waals surface area (Å²) in [6.45, 7) is 5.86. The van der Waals surface area contributed by atoms with Gasteiger partial charge in [0, 0.05) is 19.1 Å². The number of hydrogen-bond donors (Lipinski definition) is 0. The van der Waals surface area contributed by atoms with Crippen LogP contribution in [0.5, 0.6) is 5.75 Å². The molecule has 0 N–H and O–H groups in total. The van der Waals surface area contributed by atoms with Gasteiger partial charge in [-0.25, -0.2) is 0 Å². The van der Waals surface area contributed by atoms with Crippen LogP contribution in [0.1, 0.15) is 33.1 Å². The maximum atomic E-state index is 11.9. The maximum absolute atomic E-state index is 11.9. The summed E-state index contributed by atoms with van der Waals surface area (Å²) in [6.07, 6.45) is 6.80. The summed E-state index contributed by atoms with van der Waals surface area (Å²) >= 11 is 0. The Hall–Kier alpha value is -1.52. The van der Waals surface area contributed by atoms with E-state index in [1.807, 2.05) is 22.7 Å². The van der Waals surface area contributed by atoms with Crippen LogP contribution in [0.3, 0.4) is 0 Å². The van der Waals surface area contributed by atoms with Crippen molar-refractivity contribution >= 4 is 5.91 Å². The molecule has 0 spiro atoms. The predicted molar refractivity (Wildman–Crippen MR) is 68.4 cm³/mol. The first kappa shape index (κ1) is 12.9. The molecule has 5 heteroatoms. The van der Waals surface area contributed by atoms with Gasteiger partial charge in [0.1, 0.15) is 0 Å². The SMILES string of the molecule is CCCn1cc(OCC(=O)N(CC)C2CC2)cn1. The lowest BCUT2D eigenvalue weighted by atomic mass is 10.4. The van der Waals surface area contributed by atoms with E-state index in [4.69, 9.17) is 4.74 Å². The van der Waals surface area contributed by atoms with Crippen molar-refractivity contribution in [2.24, 2.45) is 0 Å². The third kappa shape index (κ3) is 3.24. The second-order valence-electron chi connectivity index (χ2n) is 4.64. The lowest BCUT2D eigenvalue weighted by Crippen LogP contribution is -2.36. The Morgan fingerprint density at radius 2 is 2.33 bits per heavy atom. The monoisotopic (exact) mass is 251 g/mol. The molecular weight excluding hydrogens is 230 g/mol. The van der Waals surface area contributed by atoms with Crippen molar-refractivity contribution < 1.29 is 9.53 Å². The zero-order valence-corrected chi connectivity index (χ0v) is 11.1. The minimum absolute atomic E-state index is 0.0724. The van der Waals surface area contributed by atoms with Crippen molar-refractivity contribution in [3.05, 3.63) is 12.4 Å². The van der Waals surface area contributed by atoms with Gasteiger partial charge in [0.25, 0.3) is 5.91 Å². The quantitative estimate of drug-likeness (QED) is 0.740. The first-order chi connectivity index (χ1) is 8.74. The van der Waals surface area contributed by atoms with Crippen molar-refractivity contribution in [3.63, 3.8) is 0 Å². The predicted octanol–water partition coefficient (Wildman–Crippen LogP) is 1.68. The number of aryl methyl sites for hydroxylation is 1. The number of ether oxygens (including phenoxy) is 1. The highest BCUT2D eigenvalue weighted by molar-refractivity contribution is 5.78. The third-order valence-electron chi connectivity index (χ3n) is 3.07. The fourth-order valence-electron chi connectivity index (χ4n) is 2.02. The molecule has 0 saturated heterocycles. The average molecular weight is 251 g/mol. The molecule has 0 aliphatic heterocycles. The normalized spacial score (nSPS) is 14.6. The number of rotatable bonds is 7. The van der Waals surface area contributed by atoms with Gasteiger partial charge in [-0.2, -0.15) is 5.10 Å². The van der Waals surface area contributed by atoms with Crippen molar-refractivity contribution in [1.82, 2.24) is 14.7 Å². The molecule has 5 nitrogen and oxygen atoms in total. The number of carbonyl (C=O) groups is 1. The number of carbonyl (C=O) groups excluding carboxylic acids is 1. The van der Waals surface area contributed by atoms with E-state index in [2.05, 4.69) is 12.0 Å². The molecule has 1 aliphatic rings. The highest BCUT2D eigenvalue weighted by Crippen LogP contribution is 2.26. The first-order valence-corrected chi connectivity index (χ1v) is 6.69. The lowest BCUT2D eigenvalue weighted by molar-refractivity contribution is -0.133. The van der Waals surface area contributed by atoms with Gasteiger partial charge in [0.15, 0.2) is 12.4 Å². The number of nitrogens with zero attached hydrogens (tertiary/aromatic N) is 3. The molecule has 0 bridgehead atoms. The lowest BCUT2D eigenvalue weighted by Gasteiger charge is -2.19. The van der Waals surface area contributed by atoms with Crippen LogP contribution in [0, 0.1) is 0 Å². The van der Waals surface area contributed by atoms with Crippen LogP contribution >= 0.6 is 0 Å². The molecule has 0 unspecified atom stereocenters. The summed E-state index contributed by atoms with van der Waals surface area (Å²) in [5, 5.41) is 4.16. The van der Waals surface area contributed by atoms with Crippen molar-refractivity contribution in [3.8, 4) is 5.75 Å². The number of amides is 1.